The molecule has 2 heterocycles. The maximum absolute atomic E-state index is 13.7. The van der Waals surface area contributed by atoms with Crippen molar-refractivity contribution in [1.82, 2.24) is 5.32 Å². The highest BCUT2D eigenvalue weighted by Gasteiger charge is 2.68. The molecule has 176 valence electrons. The third-order valence-electron chi connectivity index (χ3n) is 6.84. The monoisotopic (exact) mass is 471 g/mol. The minimum Gasteiger partial charge on any atom is -0.480 e. The first kappa shape index (κ1) is 22.4. The zero-order valence-corrected chi connectivity index (χ0v) is 18.4. The molecule has 2 fully saturated rings. The Hall–Kier alpha value is -4.37. The minimum absolute atomic E-state index is 0.0184. The molecule has 2 saturated heterocycles. The van der Waals surface area contributed by atoms with Gasteiger partial charge < -0.3 is 5.11 Å². The van der Waals surface area contributed by atoms with E-state index >= 15 is 0 Å². The first-order chi connectivity index (χ1) is 16.8. The summed E-state index contributed by atoms with van der Waals surface area (Å²) < 4.78 is 0. The number of hydrogen-bond acceptors (Lipinski definition) is 6. The van der Waals surface area contributed by atoms with Crippen LogP contribution in [0.15, 0.2) is 84.9 Å². The van der Waals surface area contributed by atoms with Gasteiger partial charge in [-0.3, -0.25) is 29.8 Å². The lowest BCUT2D eigenvalue weighted by Crippen LogP contribution is -2.57. The lowest BCUT2D eigenvalue weighted by atomic mass is 9.76. The molecule has 2 amide bonds. The van der Waals surface area contributed by atoms with Gasteiger partial charge >= 0.3 is 5.97 Å². The number of nitro benzene ring substituents is 1. The molecule has 5 rings (SSSR count). The smallest absolute Gasteiger partial charge is 0.325 e. The van der Waals surface area contributed by atoms with Crippen molar-refractivity contribution in [1.29, 1.82) is 0 Å². The molecule has 35 heavy (non-hydrogen) atoms. The van der Waals surface area contributed by atoms with Gasteiger partial charge in [0.25, 0.3) is 5.69 Å². The van der Waals surface area contributed by atoms with Gasteiger partial charge in [0.1, 0.15) is 5.54 Å². The molecule has 2 aliphatic heterocycles. The topological polar surface area (TPSA) is 130 Å². The zero-order valence-electron chi connectivity index (χ0n) is 18.4. The quantitative estimate of drug-likeness (QED) is 0.321. The van der Waals surface area contributed by atoms with E-state index in [0.29, 0.717) is 16.8 Å². The van der Waals surface area contributed by atoms with Crippen molar-refractivity contribution in [3.05, 3.63) is 106 Å². The number of carboxylic acids is 1. The number of nitrogens with zero attached hydrogens (tertiary/aromatic N) is 2. The number of fused-ring (bicyclic) bond motifs is 1. The molecule has 9 nitrogen and oxygen atoms in total. The van der Waals surface area contributed by atoms with Gasteiger partial charge in [-0.15, -0.1) is 0 Å². The first-order valence-corrected chi connectivity index (χ1v) is 11.1. The summed E-state index contributed by atoms with van der Waals surface area (Å²) in [5, 5.41) is 24.7. The summed E-state index contributed by atoms with van der Waals surface area (Å²) in [6.07, 6.45) is -0.0184. The van der Waals surface area contributed by atoms with Gasteiger partial charge in [-0.1, -0.05) is 60.7 Å². The van der Waals surface area contributed by atoms with Gasteiger partial charge in [-0.25, -0.2) is 4.90 Å². The third-order valence-corrected chi connectivity index (χ3v) is 6.84. The second kappa shape index (κ2) is 8.44. The predicted molar refractivity (Wildman–Crippen MR) is 125 cm³/mol. The highest BCUT2D eigenvalue weighted by molar-refractivity contribution is 6.24. The fourth-order valence-electron chi connectivity index (χ4n) is 5.28. The molecule has 3 aromatic rings. The Morgan fingerprint density at radius 3 is 2.11 bits per heavy atom. The van der Waals surface area contributed by atoms with Gasteiger partial charge in [-0.2, -0.15) is 0 Å². The van der Waals surface area contributed by atoms with Crippen LogP contribution in [-0.4, -0.2) is 33.4 Å². The number of carbonyl (C=O) groups excluding carboxylic acids is 2. The Balaban J connectivity index is 1.64. The van der Waals surface area contributed by atoms with E-state index in [4.69, 9.17) is 0 Å². The number of nitrogens with one attached hydrogen (secondary N) is 1. The van der Waals surface area contributed by atoms with Crippen LogP contribution in [-0.2, 0) is 20.8 Å². The molecule has 0 aromatic heterocycles. The van der Waals surface area contributed by atoms with Crippen molar-refractivity contribution in [2.75, 3.05) is 4.90 Å². The summed E-state index contributed by atoms with van der Waals surface area (Å²) in [6, 6.07) is 22.1. The van der Waals surface area contributed by atoms with Crippen molar-refractivity contribution in [2.24, 2.45) is 11.8 Å². The Morgan fingerprint density at radius 1 is 0.943 bits per heavy atom. The van der Waals surface area contributed by atoms with E-state index in [-0.39, 0.29) is 12.1 Å². The second-order valence-corrected chi connectivity index (χ2v) is 8.76. The van der Waals surface area contributed by atoms with Gasteiger partial charge in [0.2, 0.25) is 11.8 Å². The molecule has 0 bridgehead atoms. The normalized spacial score (nSPS) is 25.5. The molecule has 0 spiro atoms. The minimum atomic E-state index is -1.76. The van der Waals surface area contributed by atoms with Crippen LogP contribution in [0, 0.1) is 22.0 Å². The number of amides is 2. The van der Waals surface area contributed by atoms with Crippen LogP contribution in [0.3, 0.4) is 0 Å². The Labute approximate surface area is 200 Å². The number of benzene rings is 3. The van der Waals surface area contributed by atoms with Crippen LogP contribution >= 0.6 is 0 Å². The van der Waals surface area contributed by atoms with Crippen molar-refractivity contribution >= 4 is 29.2 Å². The largest absolute Gasteiger partial charge is 0.480 e. The maximum atomic E-state index is 13.7. The molecule has 4 atom stereocenters. The fraction of sp³-hybridized carbons (Fsp3) is 0.192. The van der Waals surface area contributed by atoms with E-state index in [1.807, 2.05) is 6.07 Å². The van der Waals surface area contributed by atoms with Crippen molar-refractivity contribution in [3.8, 4) is 0 Å². The molecular formula is C26H21N3O6. The molecule has 0 saturated carbocycles. The number of aliphatic carboxylic acids is 1. The van der Waals surface area contributed by atoms with Crippen LogP contribution in [0.5, 0.6) is 0 Å². The maximum Gasteiger partial charge on any atom is 0.325 e. The van der Waals surface area contributed by atoms with Crippen LogP contribution in [0.1, 0.15) is 17.2 Å². The summed E-state index contributed by atoms with van der Waals surface area (Å²) in [5.41, 5.74) is -0.314. The van der Waals surface area contributed by atoms with Crippen molar-refractivity contribution in [3.63, 3.8) is 0 Å². The van der Waals surface area contributed by atoms with Gasteiger partial charge in [0, 0.05) is 24.6 Å². The molecule has 3 aromatic carbocycles. The highest BCUT2D eigenvalue weighted by atomic mass is 16.6. The highest BCUT2D eigenvalue weighted by Crippen LogP contribution is 2.51. The predicted octanol–water partition coefficient (Wildman–Crippen LogP) is 3.11. The number of nitro groups is 1. The van der Waals surface area contributed by atoms with E-state index in [2.05, 4.69) is 5.32 Å². The number of carboxylic acid groups (broad SMARTS) is 1. The zero-order chi connectivity index (χ0) is 24.7. The molecular weight excluding hydrogens is 450 g/mol. The number of para-hydroxylation sites is 1. The number of rotatable bonds is 6. The van der Waals surface area contributed by atoms with Crippen LogP contribution in [0.4, 0.5) is 11.4 Å². The SMILES string of the molecule is O=C1[C@H]2[C@@H](C(=O)N1c1ccccc1)[C@@](Cc1ccccc1)(C(=O)O)N[C@H]2c1ccc([N+](=O)[O-])cc1. The van der Waals surface area contributed by atoms with Crippen LogP contribution < -0.4 is 10.2 Å². The number of hydrogen-bond donors (Lipinski definition) is 2. The standard InChI is InChI=1S/C26H21N3O6/c30-23-20-21(24(31)28(23)18-9-5-2-6-10-18)26(25(32)33,15-16-7-3-1-4-8-16)27-22(20)17-11-13-19(14-12-17)29(34)35/h1-14,20-22,27H,15H2,(H,32,33)/t20-,21-,22-,26-/m0/s1. The van der Waals surface area contributed by atoms with E-state index in [1.165, 1.54) is 24.3 Å². The van der Waals surface area contributed by atoms with Crippen molar-refractivity contribution < 1.29 is 24.4 Å². The fourth-order valence-corrected chi connectivity index (χ4v) is 5.28. The number of anilines is 1. The average Bonchev–Trinajstić information content (AvgIpc) is 3.34. The lowest BCUT2D eigenvalue weighted by Gasteiger charge is -2.31. The van der Waals surface area contributed by atoms with Crippen LogP contribution in [0.2, 0.25) is 0 Å². The van der Waals surface area contributed by atoms with E-state index in [1.54, 1.807) is 54.6 Å². The molecule has 0 radical (unpaired) electrons. The third kappa shape index (κ3) is 3.57. The van der Waals surface area contributed by atoms with E-state index in [0.717, 1.165) is 4.90 Å². The first-order valence-electron chi connectivity index (χ1n) is 11.1. The summed E-state index contributed by atoms with van der Waals surface area (Å²) in [7, 11) is 0. The summed E-state index contributed by atoms with van der Waals surface area (Å²) in [6.45, 7) is 0. The second-order valence-electron chi connectivity index (χ2n) is 8.76. The Kier molecular flexibility index (Phi) is 5.41. The average molecular weight is 471 g/mol. The summed E-state index contributed by atoms with van der Waals surface area (Å²) in [4.78, 5) is 51.9. The van der Waals surface area contributed by atoms with Gasteiger partial charge in [0.05, 0.1) is 22.4 Å². The Bertz CT molecular complexity index is 1310. The van der Waals surface area contributed by atoms with E-state index in [9.17, 15) is 29.6 Å². The number of carbonyl (C=O) groups is 3. The molecule has 2 aliphatic rings. The molecule has 0 unspecified atom stereocenters. The number of non-ortho nitro benzene ring substituents is 1. The lowest BCUT2D eigenvalue weighted by molar-refractivity contribution is -0.384. The van der Waals surface area contributed by atoms with Gasteiger partial charge in [0.15, 0.2) is 0 Å². The summed E-state index contributed by atoms with van der Waals surface area (Å²) in [5.74, 6) is -4.49. The molecule has 2 N–H and O–H groups in total. The summed E-state index contributed by atoms with van der Waals surface area (Å²) >= 11 is 0. The molecule has 0 aliphatic carbocycles. The van der Waals surface area contributed by atoms with Gasteiger partial charge in [-0.05, 0) is 23.3 Å². The molecule has 9 heteroatoms. The Morgan fingerprint density at radius 2 is 1.54 bits per heavy atom. The van der Waals surface area contributed by atoms with Crippen molar-refractivity contribution in [2.45, 2.75) is 18.0 Å². The van der Waals surface area contributed by atoms with Crippen LogP contribution in [0.25, 0.3) is 0 Å². The van der Waals surface area contributed by atoms with E-state index < -0.39 is 46.1 Å². The number of imide groups is 1.